The van der Waals surface area contributed by atoms with Gasteiger partial charge in [-0.3, -0.25) is 4.79 Å². The number of hydrazone groups is 1. The Balaban J connectivity index is 2.25. The first-order valence-corrected chi connectivity index (χ1v) is 8.75. The maximum Gasteiger partial charge on any atom is 0.271 e. The molecule has 0 fully saturated rings. The highest BCUT2D eigenvalue weighted by Crippen LogP contribution is 2.39. The number of carbonyl (C=O) groups is 1. The molecule has 0 unspecified atom stereocenters. The third-order valence-electron chi connectivity index (χ3n) is 3.45. The lowest BCUT2D eigenvalue weighted by Gasteiger charge is -2.16. The molecule has 0 aliphatic heterocycles. The summed E-state index contributed by atoms with van der Waals surface area (Å²) in [6, 6.07) is 9.26. The Morgan fingerprint density at radius 2 is 1.63 bits per heavy atom. The molecule has 0 aliphatic carbocycles. The largest absolute Gasteiger partial charge is 0.490 e. The first kappa shape index (κ1) is 20.2. The molecule has 7 heteroatoms. The van der Waals surface area contributed by atoms with E-state index in [1.54, 1.807) is 30.3 Å². The molecule has 2 aromatic carbocycles. The molecule has 2 rings (SSSR count). The average Bonchev–Trinajstić information content (AvgIpc) is 2.66. The highest BCUT2D eigenvalue weighted by molar-refractivity contribution is 5.96. The van der Waals surface area contributed by atoms with Crippen molar-refractivity contribution in [2.24, 2.45) is 5.10 Å². The predicted octanol–water partition coefficient (Wildman–Crippen LogP) is 3.79. The Morgan fingerprint density at radius 1 is 1.04 bits per heavy atom. The molecule has 0 heterocycles. The fraction of sp³-hybridized carbons (Fsp3) is 0.300. The molecule has 1 amide bonds. The van der Waals surface area contributed by atoms with Crippen molar-refractivity contribution < 1.29 is 23.4 Å². The number of carbonyl (C=O) groups excluding carboxylic acids is 1. The third kappa shape index (κ3) is 5.44. The summed E-state index contributed by atoms with van der Waals surface area (Å²) in [6.07, 6.45) is 1.24. The Hall–Kier alpha value is -3.09. The number of hydrogen-bond acceptors (Lipinski definition) is 5. The number of nitrogens with zero attached hydrogens (tertiary/aromatic N) is 1. The molecular formula is C20H23FN2O4. The first-order valence-electron chi connectivity index (χ1n) is 8.75. The number of hydrogen-bond donors (Lipinski definition) is 1. The van der Waals surface area contributed by atoms with Crippen molar-refractivity contribution in [2.45, 2.75) is 20.8 Å². The van der Waals surface area contributed by atoms with Crippen LogP contribution in [0.15, 0.2) is 41.5 Å². The van der Waals surface area contributed by atoms with Gasteiger partial charge in [0.05, 0.1) is 26.0 Å². The van der Waals surface area contributed by atoms with Crippen molar-refractivity contribution in [1.29, 1.82) is 0 Å². The van der Waals surface area contributed by atoms with Gasteiger partial charge in [0.2, 0.25) is 5.75 Å². The van der Waals surface area contributed by atoms with Crippen molar-refractivity contribution >= 4 is 12.1 Å². The van der Waals surface area contributed by atoms with Crippen LogP contribution in [0, 0.1) is 5.82 Å². The van der Waals surface area contributed by atoms with Gasteiger partial charge in [0.1, 0.15) is 5.82 Å². The number of amides is 1. The normalized spacial score (nSPS) is 10.7. The number of ether oxygens (including phenoxy) is 3. The standard InChI is InChI=1S/C20H23FN2O4/c1-4-25-17-11-15(12-18(26-5-2)19(17)27-6-3)20(24)23-22-13-14-9-7-8-10-16(14)21/h7-13H,4-6H2,1-3H3,(H,23,24)/b22-13+. The topological polar surface area (TPSA) is 69.2 Å². The Labute approximate surface area is 157 Å². The summed E-state index contributed by atoms with van der Waals surface area (Å²) in [5.74, 6) is 0.371. The SMILES string of the molecule is CCOc1cc(C(=O)N/N=C/c2ccccc2F)cc(OCC)c1OCC. The quantitative estimate of drug-likeness (QED) is 0.536. The lowest BCUT2D eigenvalue weighted by molar-refractivity contribution is 0.0954. The van der Waals surface area contributed by atoms with Crippen molar-refractivity contribution in [3.05, 3.63) is 53.3 Å². The van der Waals surface area contributed by atoms with E-state index in [2.05, 4.69) is 10.5 Å². The molecule has 0 bridgehead atoms. The minimum absolute atomic E-state index is 0.273. The van der Waals surface area contributed by atoms with Crippen LogP contribution in [-0.4, -0.2) is 31.9 Å². The fourth-order valence-electron chi connectivity index (χ4n) is 2.32. The second-order valence-electron chi connectivity index (χ2n) is 5.32. The number of nitrogens with one attached hydrogen (secondary N) is 1. The van der Waals surface area contributed by atoms with E-state index in [4.69, 9.17) is 14.2 Å². The van der Waals surface area contributed by atoms with Gasteiger partial charge in [-0.25, -0.2) is 9.82 Å². The number of rotatable bonds is 9. The maximum atomic E-state index is 13.6. The number of benzene rings is 2. The van der Waals surface area contributed by atoms with Crippen LogP contribution in [0.2, 0.25) is 0 Å². The molecule has 1 N–H and O–H groups in total. The van der Waals surface area contributed by atoms with E-state index < -0.39 is 11.7 Å². The van der Waals surface area contributed by atoms with Crippen molar-refractivity contribution in [1.82, 2.24) is 5.43 Å². The zero-order valence-corrected chi connectivity index (χ0v) is 15.6. The Morgan fingerprint density at radius 3 is 2.19 bits per heavy atom. The van der Waals surface area contributed by atoms with Gasteiger partial charge in [0.15, 0.2) is 11.5 Å². The van der Waals surface area contributed by atoms with E-state index in [0.29, 0.717) is 37.1 Å². The van der Waals surface area contributed by atoms with Crippen molar-refractivity contribution in [3.63, 3.8) is 0 Å². The highest BCUT2D eigenvalue weighted by atomic mass is 19.1. The molecule has 0 aromatic heterocycles. The molecule has 0 atom stereocenters. The van der Waals surface area contributed by atoms with E-state index in [0.717, 1.165) is 0 Å². The molecule has 0 radical (unpaired) electrons. The monoisotopic (exact) mass is 374 g/mol. The fourth-order valence-corrected chi connectivity index (χ4v) is 2.32. The van der Waals surface area contributed by atoms with Crippen molar-refractivity contribution in [3.8, 4) is 17.2 Å². The van der Waals surface area contributed by atoms with Crippen molar-refractivity contribution in [2.75, 3.05) is 19.8 Å². The molecule has 0 saturated carbocycles. The van der Waals surface area contributed by atoms with Gasteiger partial charge in [0, 0.05) is 11.1 Å². The second kappa shape index (κ2) is 10.2. The summed E-state index contributed by atoms with van der Waals surface area (Å²) in [7, 11) is 0. The van der Waals surface area contributed by atoms with E-state index >= 15 is 0 Å². The molecule has 2 aromatic rings. The molecule has 0 aliphatic rings. The summed E-state index contributed by atoms with van der Waals surface area (Å²) < 4.78 is 30.4. The van der Waals surface area contributed by atoms with Gasteiger partial charge >= 0.3 is 0 Å². The Kier molecular flexibility index (Phi) is 7.61. The van der Waals surface area contributed by atoms with E-state index in [1.807, 2.05) is 20.8 Å². The summed E-state index contributed by atoms with van der Waals surface area (Å²) in [5, 5.41) is 3.81. The predicted molar refractivity (Wildman–Crippen MR) is 101 cm³/mol. The van der Waals surface area contributed by atoms with E-state index in [9.17, 15) is 9.18 Å². The highest BCUT2D eigenvalue weighted by Gasteiger charge is 2.18. The van der Waals surface area contributed by atoms with Crippen LogP contribution in [0.25, 0.3) is 0 Å². The number of halogens is 1. The van der Waals surface area contributed by atoms with Crippen LogP contribution in [0.4, 0.5) is 4.39 Å². The smallest absolute Gasteiger partial charge is 0.271 e. The van der Waals surface area contributed by atoms with Crippen LogP contribution in [0.5, 0.6) is 17.2 Å². The van der Waals surface area contributed by atoms with Crippen LogP contribution >= 0.6 is 0 Å². The van der Waals surface area contributed by atoms with Crippen LogP contribution in [-0.2, 0) is 0 Å². The van der Waals surface area contributed by atoms with Gasteiger partial charge in [-0.1, -0.05) is 18.2 Å². The molecular weight excluding hydrogens is 351 g/mol. The zero-order valence-electron chi connectivity index (χ0n) is 15.6. The van der Waals surface area contributed by atoms with Gasteiger partial charge < -0.3 is 14.2 Å². The Bertz CT molecular complexity index is 781. The average molecular weight is 374 g/mol. The molecule has 0 spiro atoms. The van der Waals surface area contributed by atoms with Crippen LogP contribution in [0.3, 0.4) is 0 Å². The second-order valence-corrected chi connectivity index (χ2v) is 5.32. The van der Waals surface area contributed by atoms with Gasteiger partial charge in [-0.05, 0) is 39.0 Å². The molecule has 6 nitrogen and oxygen atoms in total. The molecule has 0 saturated heterocycles. The van der Waals surface area contributed by atoms with E-state index in [1.165, 1.54) is 12.3 Å². The lowest BCUT2D eigenvalue weighted by Crippen LogP contribution is -2.18. The summed E-state index contributed by atoms with van der Waals surface area (Å²) >= 11 is 0. The summed E-state index contributed by atoms with van der Waals surface area (Å²) in [4.78, 5) is 12.4. The lowest BCUT2D eigenvalue weighted by atomic mass is 10.1. The van der Waals surface area contributed by atoms with Gasteiger partial charge in [0.25, 0.3) is 5.91 Å². The van der Waals surface area contributed by atoms with E-state index in [-0.39, 0.29) is 11.1 Å². The van der Waals surface area contributed by atoms with Gasteiger partial charge in [-0.15, -0.1) is 0 Å². The first-order chi connectivity index (χ1) is 13.1. The minimum atomic E-state index is -0.479. The minimum Gasteiger partial charge on any atom is -0.490 e. The molecule has 27 heavy (non-hydrogen) atoms. The summed E-state index contributed by atoms with van der Waals surface area (Å²) in [6.45, 7) is 6.76. The maximum absolute atomic E-state index is 13.6. The van der Waals surface area contributed by atoms with Crippen LogP contribution in [0.1, 0.15) is 36.7 Å². The third-order valence-corrected chi connectivity index (χ3v) is 3.45. The van der Waals surface area contributed by atoms with Gasteiger partial charge in [-0.2, -0.15) is 5.10 Å². The van der Waals surface area contributed by atoms with Crippen LogP contribution < -0.4 is 19.6 Å². The molecule has 144 valence electrons. The summed E-state index contributed by atoms with van der Waals surface area (Å²) in [5.41, 5.74) is 2.94. The zero-order chi connectivity index (χ0) is 19.6.